The highest BCUT2D eigenvalue weighted by Gasteiger charge is 2.41. The summed E-state index contributed by atoms with van der Waals surface area (Å²) in [4.78, 5) is 14.7. The van der Waals surface area contributed by atoms with Gasteiger partial charge in [-0.25, -0.2) is 0 Å². The second-order valence-corrected chi connectivity index (χ2v) is 6.10. The van der Waals surface area contributed by atoms with E-state index in [0.717, 1.165) is 32.4 Å². The number of hydrogen-bond acceptors (Lipinski definition) is 2. The van der Waals surface area contributed by atoms with Gasteiger partial charge in [0.25, 0.3) is 0 Å². The molecule has 110 valence electrons. The van der Waals surface area contributed by atoms with Gasteiger partial charge in [-0.05, 0) is 31.9 Å². The number of benzene rings is 1. The Morgan fingerprint density at radius 2 is 2.05 bits per heavy atom. The van der Waals surface area contributed by atoms with Crippen molar-refractivity contribution in [1.29, 1.82) is 0 Å². The van der Waals surface area contributed by atoms with Crippen LogP contribution in [-0.2, 0) is 11.3 Å². The van der Waals surface area contributed by atoms with E-state index in [2.05, 4.69) is 43.4 Å². The average molecular weight is 274 g/mol. The number of hydrogen-bond donors (Lipinski definition) is 1. The molecule has 1 N–H and O–H groups in total. The molecule has 1 amide bonds. The van der Waals surface area contributed by atoms with Crippen molar-refractivity contribution in [3.05, 3.63) is 35.4 Å². The van der Waals surface area contributed by atoms with E-state index in [1.165, 1.54) is 11.1 Å². The Morgan fingerprint density at radius 1 is 1.35 bits per heavy atom. The quantitative estimate of drug-likeness (QED) is 0.895. The van der Waals surface area contributed by atoms with Crippen LogP contribution in [0.15, 0.2) is 24.3 Å². The van der Waals surface area contributed by atoms with E-state index in [1.54, 1.807) is 0 Å². The molecule has 3 heteroatoms. The highest BCUT2D eigenvalue weighted by molar-refractivity contribution is 5.83. The van der Waals surface area contributed by atoms with E-state index in [-0.39, 0.29) is 5.41 Å². The monoisotopic (exact) mass is 274 g/mol. The average Bonchev–Trinajstić information content (AvgIpc) is 2.90. The zero-order chi connectivity index (χ0) is 14.6. The number of amides is 1. The van der Waals surface area contributed by atoms with Crippen LogP contribution in [0.5, 0.6) is 0 Å². The molecule has 2 rings (SSSR count). The third-order valence-electron chi connectivity index (χ3n) is 4.31. The standard InChI is InChI=1S/C17H26N2O/c1-4-9-17(10-11-18-13-17)16(20)19(3)12-15-7-5-14(2)6-8-15/h5-8,18H,4,9-13H2,1-3H3. The minimum absolute atomic E-state index is 0.172. The van der Waals surface area contributed by atoms with Gasteiger partial charge in [0.1, 0.15) is 0 Å². The lowest BCUT2D eigenvalue weighted by molar-refractivity contribution is -0.140. The van der Waals surface area contributed by atoms with Crippen molar-refractivity contribution in [1.82, 2.24) is 10.2 Å². The summed E-state index contributed by atoms with van der Waals surface area (Å²) in [5.41, 5.74) is 2.28. The second-order valence-electron chi connectivity index (χ2n) is 6.10. The van der Waals surface area contributed by atoms with Crippen LogP contribution in [0.2, 0.25) is 0 Å². The number of carbonyl (C=O) groups excluding carboxylic acids is 1. The fourth-order valence-corrected chi connectivity index (χ4v) is 3.17. The van der Waals surface area contributed by atoms with E-state index >= 15 is 0 Å². The number of aryl methyl sites for hydroxylation is 1. The van der Waals surface area contributed by atoms with Crippen molar-refractivity contribution in [2.24, 2.45) is 5.41 Å². The van der Waals surface area contributed by atoms with Crippen LogP contribution in [0.1, 0.15) is 37.3 Å². The predicted molar refractivity (Wildman–Crippen MR) is 82.5 cm³/mol. The first-order chi connectivity index (χ1) is 9.57. The van der Waals surface area contributed by atoms with E-state index in [0.29, 0.717) is 12.5 Å². The zero-order valence-electron chi connectivity index (χ0n) is 12.9. The Bertz CT molecular complexity index is 447. The molecule has 1 aliphatic heterocycles. The summed E-state index contributed by atoms with van der Waals surface area (Å²) in [7, 11) is 1.93. The van der Waals surface area contributed by atoms with Crippen LogP contribution >= 0.6 is 0 Å². The molecule has 1 aliphatic rings. The lowest BCUT2D eigenvalue weighted by Gasteiger charge is -2.31. The highest BCUT2D eigenvalue weighted by Crippen LogP contribution is 2.33. The van der Waals surface area contributed by atoms with Gasteiger partial charge in [0, 0.05) is 20.1 Å². The predicted octanol–water partition coefficient (Wildman–Crippen LogP) is 2.73. The van der Waals surface area contributed by atoms with Gasteiger partial charge in [-0.15, -0.1) is 0 Å². The number of carbonyl (C=O) groups is 1. The highest BCUT2D eigenvalue weighted by atomic mass is 16.2. The first-order valence-electron chi connectivity index (χ1n) is 7.59. The van der Waals surface area contributed by atoms with Crippen molar-refractivity contribution in [3.63, 3.8) is 0 Å². The smallest absolute Gasteiger partial charge is 0.230 e. The molecule has 0 aliphatic carbocycles. The van der Waals surface area contributed by atoms with Crippen LogP contribution < -0.4 is 5.32 Å². The van der Waals surface area contributed by atoms with Gasteiger partial charge in [0.05, 0.1) is 5.41 Å². The Morgan fingerprint density at radius 3 is 2.60 bits per heavy atom. The molecule has 0 spiro atoms. The maximum atomic E-state index is 12.8. The van der Waals surface area contributed by atoms with E-state index in [1.807, 2.05) is 11.9 Å². The van der Waals surface area contributed by atoms with Gasteiger partial charge in [-0.1, -0.05) is 43.2 Å². The molecule has 1 saturated heterocycles. The molecule has 1 aromatic rings. The molecular weight excluding hydrogens is 248 g/mol. The molecule has 1 aromatic carbocycles. The van der Waals surface area contributed by atoms with Crippen LogP contribution in [-0.4, -0.2) is 30.9 Å². The van der Waals surface area contributed by atoms with Crippen molar-refractivity contribution in [2.45, 2.75) is 39.7 Å². The number of rotatable bonds is 5. The summed E-state index contributed by atoms with van der Waals surface area (Å²) in [6.07, 6.45) is 3.01. The third-order valence-corrected chi connectivity index (χ3v) is 4.31. The van der Waals surface area contributed by atoms with Gasteiger partial charge in [0.15, 0.2) is 0 Å². The molecule has 0 bridgehead atoms. The number of nitrogens with zero attached hydrogens (tertiary/aromatic N) is 1. The molecule has 0 aromatic heterocycles. The Labute approximate surface area is 122 Å². The molecule has 0 radical (unpaired) electrons. The van der Waals surface area contributed by atoms with Gasteiger partial charge in [0.2, 0.25) is 5.91 Å². The fraction of sp³-hybridized carbons (Fsp3) is 0.588. The minimum Gasteiger partial charge on any atom is -0.341 e. The fourth-order valence-electron chi connectivity index (χ4n) is 3.17. The van der Waals surface area contributed by atoms with Crippen molar-refractivity contribution < 1.29 is 4.79 Å². The van der Waals surface area contributed by atoms with Gasteiger partial charge >= 0.3 is 0 Å². The van der Waals surface area contributed by atoms with Crippen LogP contribution in [0.3, 0.4) is 0 Å². The molecule has 1 heterocycles. The summed E-state index contributed by atoms with van der Waals surface area (Å²) in [6, 6.07) is 8.43. The first kappa shape index (κ1) is 15.0. The largest absolute Gasteiger partial charge is 0.341 e. The van der Waals surface area contributed by atoms with Crippen molar-refractivity contribution in [3.8, 4) is 0 Å². The molecule has 1 unspecified atom stereocenters. The maximum Gasteiger partial charge on any atom is 0.230 e. The molecule has 20 heavy (non-hydrogen) atoms. The summed E-state index contributed by atoms with van der Waals surface area (Å²) in [5, 5.41) is 3.36. The SMILES string of the molecule is CCCC1(C(=O)N(C)Cc2ccc(C)cc2)CCNC1. The molecule has 0 saturated carbocycles. The van der Waals surface area contributed by atoms with Crippen molar-refractivity contribution in [2.75, 3.05) is 20.1 Å². The van der Waals surface area contributed by atoms with Crippen LogP contribution in [0.25, 0.3) is 0 Å². The Hall–Kier alpha value is -1.35. The van der Waals surface area contributed by atoms with E-state index in [4.69, 9.17) is 0 Å². The normalized spacial score (nSPS) is 21.9. The second kappa shape index (κ2) is 6.40. The third kappa shape index (κ3) is 3.21. The summed E-state index contributed by atoms with van der Waals surface area (Å²) < 4.78 is 0. The molecular formula is C17H26N2O. The summed E-state index contributed by atoms with van der Waals surface area (Å²) in [6.45, 7) is 6.74. The van der Waals surface area contributed by atoms with Gasteiger partial charge in [-0.2, -0.15) is 0 Å². The zero-order valence-corrected chi connectivity index (χ0v) is 12.9. The van der Waals surface area contributed by atoms with E-state index in [9.17, 15) is 4.79 Å². The summed E-state index contributed by atoms with van der Waals surface area (Å²) >= 11 is 0. The van der Waals surface area contributed by atoms with E-state index < -0.39 is 0 Å². The lowest BCUT2D eigenvalue weighted by Crippen LogP contribution is -2.43. The Kier molecular flexibility index (Phi) is 4.81. The molecule has 1 atom stereocenters. The Balaban J connectivity index is 2.05. The topological polar surface area (TPSA) is 32.3 Å². The molecule has 1 fully saturated rings. The summed E-state index contributed by atoms with van der Waals surface area (Å²) in [5.74, 6) is 0.296. The van der Waals surface area contributed by atoms with Gasteiger partial charge in [-0.3, -0.25) is 4.79 Å². The minimum atomic E-state index is -0.172. The van der Waals surface area contributed by atoms with Crippen LogP contribution in [0.4, 0.5) is 0 Å². The lowest BCUT2D eigenvalue weighted by atomic mass is 9.81. The van der Waals surface area contributed by atoms with Crippen LogP contribution in [0, 0.1) is 12.3 Å². The van der Waals surface area contributed by atoms with Crippen molar-refractivity contribution >= 4 is 5.91 Å². The molecule has 3 nitrogen and oxygen atoms in total. The maximum absolute atomic E-state index is 12.8. The van der Waals surface area contributed by atoms with Gasteiger partial charge < -0.3 is 10.2 Å². The first-order valence-corrected chi connectivity index (χ1v) is 7.59. The number of nitrogens with one attached hydrogen (secondary N) is 1.